The van der Waals surface area contributed by atoms with Crippen molar-refractivity contribution in [2.45, 2.75) is 13.0 Å². The van der Waals surface area contributed by atoms with Crippen molar-refractivity contribution in [1.82, 2.24) is 4.31 Å². The van der Waals surface area contributed by atoms with Crippen LogP contribution >= 0.6 is 11.6 Å². The zero-order valence-corrected chi connectivity index (χ0v) is 11.2. The van der Waals surface area contributed by atoms with E-state index < -0.39 is 10.0 Å². The third-order valence-electron chi connectivity index (χ3n) is 2.40. The van der Waals surface area contributed by atoms with Gasteiger partial charge in [-0.15, -0.1) is 11.6 Å². The fourth-order valence-corrected chi connectivity index (χ4v) is 2.82. The van der Waals surface area contributed by atoms with Crippen molar-refractivity contribution in [3.63, 3.8) is 0 Å². The molecule has 0 aliphatic rings. The molecule has 1 rings (SSSR count). The Balaban J connectivity index is 2.72. The lowest BCUT2D eigenvalue weighted by Crippen LogP contribution is -2.29. The molecule has 1 aromatic carbocycles. The number of rotatable bonds is 6. The SMILES string of the molecule is CN(Cc1ccccc1O)S(=O)(=O)CCCCl. The molecule has 0 radical (unpaired) electrons. The van der Waals surface area contributed by atoms with E-state index in [2.05, 4.69) is 0 Å². The largest absolute Gasteiger partial charge is 0.508 e. The van der Waals surface area contributed by atoms with Gasteiger partial charge in [0.2, 0.25) is 10.0 Å². The highest BCUT2D eigenvalue weighted by atomic mass is 35.5. The van der Waals surface area contributed by atoms with Gasteiger partial charge in [0.1, 0.15) is 5.75 Å². The lowest BCUT2D eigenvalue weighted by atomic mass is 10.2. The van der Waals surface area contributed by atoms with Crippen LogP contribution in [0.3, 0.4) is 0 Å². The third-order valence-corrected chi connectivity index (χ3v) is 4.55. The third kappa shape index (κ3) is 4.18. The average Bonchev–Trinajstić information content (AvgIpc) is 2.29. The van der Waals surface area contributed by atoms with Crippen LogP contribution in [0, 0.1) is 0 Å². The van der Waals surface area contributed by atoms with Crippen LogP contribution < -0.4 is 0 Å². The number of hydrogen-bond acceptors (Lipinski definition) is 3. The van der Waals surface area contributed by atoms with Crippen molar-refractivity contribution in [2.24, 2.45) is 0 Å². The second-order valence-electron chi connectivity index (χ2n) is 3.74. The molecule has 0 unspecified atom stereocenters. The Hall–Kier alpha value is -0.780. The lowest BCUT2D eigenvalue weighted by molar-refractivity contribution is 0.435. The number of phenolic OH excluding ortho intramolecular Hbond substituents is 1. The summed E-state index contributed by atoms with van der Waals surface area (Å²) in [5, 5.41) is 9.56. The maximum Gasteiger partial charge on any atom is 0.214 e. The molecule has 4 nitrogen and oxygen atoms in total. The number of para-hydroxylation sites is 1. The van der Waals surface area contributed by atoms with E-state index in [4.69, 9.17) is 11.6 Å². The van der Waals surface area contributed by atoms with Crippen LogP contribution in [0.5, 0.6) is 5.75 Å². The summed E-state index contributed by atoms with van der Waals surface area (Å²) < 4.78 is 24.8. The summed E-state index contributed by atoms with van der Waals surface area (Å²) in [6.45, 7) is 0.164. The van der Waals surface area contributed by atoms with Gasteiger partial charge in [-0.3, -0.25) is 0 Å². The Bertz CT molecular complexity index is 462. The molecule has 0 saturated heterocycles. The summed E-state index contributed by atoms with van der Waals surface area (Å²) in [7, 11) is -1.80. The van der Waals surface area contributed by atoms with Crippen molar-refractivity contribution in [1.29, 1.82) is 0 Å². The Labute approximate surface area is 107 Å². The second kappa shape index (κ2) is 6.23. The van der Waals surface area contributed by atoms with Gasteiger partial charge in [-0.1, -0.05) is 18.2 Å². The molecule has 0 atom stereocenters. The number of alkyl halides is 1. The minimum Gasteiger partial charge on any atom is -0.508 e. The minimum atomic E-state index is -3.30. The van der Waals surface area contributed by atoms with Gasteiger partial charge in [0.05, 0.1) is 5.75 Å². The Morgan fingerprint density at radius 1 is 1.35 bits per heavy atom. The first kappa shape index (κ1) is 14.3. The van der Waals surface area contributed by atoms with E-state index in [1.54, 1.807) is 18.2 Å². The van der Waals surface area contributed by atoms with E-state index in [9.17, 15) is 13.5 Å². The Morgan fingerprint density at radius 2 is 2.00 bits per heavy atom. The smallest absolute Gasteiger partial charge is 0.214 e. The molecule has 0 aromatic heterocycles. The molecule has 0 aliphatic heterocycles. The number of sulfonamides is 1. The molecule has 1 aromatic rings. The summed E-state index contributed by atoms with van der Waals surface area (Å²) in [6, 6.07) is 6.69. The predicted molar refractivity (Wildman–Crippen MR) is 68.7 cm³/mol. The lowest BCUT2D eigenvalue weighted by Gasteiger charge is -2.17. The molecular formula is C11H16ClNO3S. The summed E-state index contributed by atoms with van der Waals surface area (Å²) in [5.41, 5.74) is 0.587. The monoisotopic (exact) mass is 277 g/mol. The van der Waals surface area contributed by atoms with Crippen LogP contribution in [-0.4, -0.2) is 36.5 Å². The van der Waals surface area contributed by atoms with Gasteiger partial charge in [-0.05, 0) is 12.5 Å². The van der Waals surface area contributed by atoms with Crippen LogP contribution in [0.1, 0.15) is 12.0 Å². The van der Waals surface area contributed by atoms with Gasteiger partial charge in [0.15, 0.2) is 0 Å². The summed E-state index contributed by atoms with van der Waals surface area (Å²) in [4.78, 5) is 0. The van der Waals surface area contributed by atoms with Crippen LogP contribution in [0.4, 0.5) is 0 Å². The maximum absolute atomic E-state index is 11.8. The number of halogens is 1. The zero-order valence-electron chi connectivity index (χ0n) is 9.63. The number of hydrogen-bond donors (Lipinski definition) is 1. The Kier molecular flexibility index (Phi) is 5.24. The first-order valence-electron chi connectivity index (χ1n) is 5.24. The topological polar surface area (TPSA) is 57.6 Å². The Morgan fingerprint density at radius 3 is 2.59 bits per heavy atom. The van der Waals surface area contributed by atoms with Gasteiger partial charge in [-0.25, -0.2) is 12.7 Å². The molecule has 0 aliphatic carbocycles. The number of phenols is 1. The number of benzene rings is 1. The molecule has 96 valence electrons. The molecule has 0 bridgehead atoms. The van der Waals surface area contributed by atoms with E-state index in [0.29, 0.717) is 17.9 Å². The highest BCUT2D eigenvalue weighted by molar-refractivity contribution is 7.89. The minimum absolute atomic E-state index is 0.0284. The maximum atomic E-state index is 11.8. The van der Waals surface area contributed by atoms with Crippen LogP contribution in [-0.2, 0) is 16.6 Å². The molecule has 6 heteroatoms. The molecule has 0 fully saturated rings. The molecule has 1 N–H and O–H groups in total. The van der Waals surface area contributed by atoms with Crippen molar-refractivity contribution in [2.75, 3.05) is 18.7 Å². The quantitative estimate of drug-likeness (QED) is 0.807. The van der Waals surface area contributed by atoms with Crippen LogP contribution in [0.15, 0.2) is 24.3 Å². The molecule has 0 amide bonds. The van der Waals surface area contributed by atoms with E-state index in [1.807, 2.05) is 0 Å². The fraction of sp³-hybridized carbons (Fsp3) is 0.455. The summed E-state index contributed by atoms with van der Waals surface area (Å²) >= 11 is 5.47. The van der Waals surface area contributed by atoms with Gasteiger partial charge < -0.3 is 5.11 Å². The first-order chi connectivity index (χ1) is 7.97. The van der Waals surface area contributed by atoms with E-state index in [1.165, 1.54) is 17.4 Å². The first-order valence-corrected chi connectivity index (χ1v) is 7.38. The van der Waals surface area contributed by atoms with Crippen molar-refractivity contribution in [3.8, 4) is 5.75 Å². The molecule has 0 spiro atoms. The molecule has 17 heavy (non-hydrogen) atoms. The van der Waals surface area contributed by atoms with E-state index in [0.717, 1.165) is 0 Å². The number of aromatic hydroxyl groups is 1. The molecule has 0 heterocycles. The van der Waals surface area contributed by atoms with Crippen LogP contribution in [0.2, 0.25) is 0 Å². The highest BCUT2D eigenvalue weighted by Gasteiger charge is 2.18. The van der Waals surface area contributed by atoms with Crippen molar-refractivity contribution in [3.05, 3.63) is 29.8 Å². The molecule has 0 saturated carbocycles. The predicted octanol–water partition coefficient (Wildman–Crippen LogP) is 1.78. The van der Waals surface area contributed by atoms with Crippen molar-refractivity contribution >= 4 is 21.6 Å². The highest BCUT2D eigenvalue weighted by Crippen LogP contribution is 2.18. The number of nitrogens with zero attached hydrogens (tertiary/aromatic N) is 1. The normalized spacial score (nSPS) is 11.9. The van der Waals surface area contributed by atoms with Crippen molar-refractivity contribution < 1.29 is 13.5 Å². The average molecular weight is 278 g/mol. The summed E-state index contributed by atoms with van der Waals surface area (Å²) in [5.74, 6) is 0.455. The fourth-order valence-electron chi connectivity index (χ4n) is 1.38. The van der Waals surface area contributed by atoms with E-state index in [-0.39, 0.29) is 18.0 Å². The van der Waals surface area contributed by atoms with Gasteiger partial charge in [0, 0.05) is 25.0 Å². The van der Waals surface area contributed by atoms with Gasteiger partial charge in [-0.2, -0.15) is 0 Å². The summed E-state index contributed by atoms with van der Waals surface area (Å²) in [6.07, 6.45) is 0.426. The van der Waals surface area contributed by atoms with Gasteiger partial charge in [0.25, 0.3) is 0 Å². The van der Waals surface area contributed by atoms with Crippen LogP contribution in [0.25, 0.3) is 0 Å². The molecular weight excluding hydrogens is 262 g/mol. The van der Waals surface area contributed by atoms with E-state index >= 15 is 0 Å². The standard InChI is InChI=1S/C11H16ClNO3S/c1-13(17(15,16)8-4-7-12)9-10-5-2-3-6-11(10)14/h2-3,5-6,14H,4,7-9H2,1H3. The second-order valence-corrected chi connectivity index (χ2v) is 6.32. The zero-order chi connectivity index (χ0) is 12.9. The van der Waals surface area contributed by atoms with Gasteiger partial charge >= 0.3 is 0 Å².